The molecule has 2 aliphatic heterocycles. The standard InChI is InChI=1S/C15H24O6S2/c16-14-12(10-20-14)4-1-6-22(18)8-3-9-23(19)7-2-5-13-11-21-15(13)17/h12-13H,1-11H2. The quantitative estimate of drug-likeness (QED) is 0.375. The maximum Gasteiger partial charge on any atom is 0.312 e. The van der Waals surface area contributed by atoms with Crippen molar-refractivity contribution in [1.82, 2.24) is 0 Å². The minimum absolute atomic E-state index is 0.00690. The summed E-state index contributed by atoms with van der Waals surface area (Å²) >= 11 is -1.80. The minimum atomic E-state index is -0.900. The van der Waals surface area contributed by atoms with Gasteiger partial charge in [0.15, 0.2) is 0 Å². The molecule has 0 amide bonds. The first-order chi connectivity index (χ1) is 11.1. The van der Waals surface area contributed by atoms with Crippen LogP contribution in [0.15, 0.2) is 0 Å². The van der Waals surface area contributed by atoms with Crippen LogP contribution in [0.2, 0.25) is 0 Å². The fourth-order valence-electron chi connectivity index (χ4n) is 2.51. The molecular formula is C15H24O6S2. The van der Waals surface area contributed by atoms with Gasteiger partial charge in [0.2, 0.25) is 0 Å². The van der Waals surface area contributed by atoms with Crippen molar-refractivity contribution in [3.63, 3.8) is 0 Å². The lowest BCUT2D eigenvalue weighted by atomic mass is 10.0. The number of esters is 2. The van der Waals surface area contributed by atoms with Crippen LogP contribution in [0.1, 0.15) is 32.1 Å². The lowest BCUT2D eigenvalue weighted by Crippen LogP contribution is -2.34. The molecule has 0 N–H and O–H groups in total. The summed E-state index contributed by atoms with van der Waals surface area (Å²) in [5.41, 5.74) is 0. The minimum Gasteiger partial charge on any atom is -0.616 e. The zero-order valence-corrected chi connectivity index (χ0v) is 14.8. The van der Waals surface area contributed by atoms with Crippen molar-refractivity contribution in [2.45, 2.75) is 32.1 Å². The Bertz CT molecular complexity index is 369. The zero-order valence-electron chi connectivity index (χ0n) is 13.2. The van der Waals surface area contributed by atoms with E-state index in [2.05, 4.69) is 9.47 Å². The van der Waals surface area contributed by atoms with Crippen LogP contribution in [-0.2, 0) is 41.4 Å². The van der Waals surface area contributed by atoms with Gasteiger partial charge in [0.25, 0.3) is 0 Å². The van der Waals surface area contributed by atoms with Gasteiger partial charge < -0.3 is 18.6 Å². The fourth-order valence-corrected chi connectivity index (χ4v) is 5.01. The summed E-state index contributed by atoms with van der Waals surface area (Å²) in [7, 11) is 0. The molecule has 132 valence electrons. The molecule has 0 aliphatic carbocycles. The van der Waals surface area contributed by atoms with Crippen molar-refractivity contribution in [2.24, 2.45) is 11.8 Å². The van der Waals surface area contributed by atoms with Crippen LogP contribution in [-0.4, -0.2) is 57.3 Å². The van der Waals surface area contributed by atoms with Crippen molar-refractivity contribution in [2.75, 3.05) is 36.2 Å². The third kappa shape index (κ3) is 6.52. The van der Waals surface area contributed by atoms with Gasteiger partial charge in [-0.2, -0.15) is 0 Å². The van der Waals surface area contributed by atoms with Gasteiger partial charge in [-0.1, -0.05) is 22.4 Å². The summed E-state index contributed by atoms with van der Waals surface area (Å²) in [4.78, 5) is 21.9. The second-order valence-electron chi connectivity index (χ2n) is 5.99. The molecule has 0 radical (unpaired) electrons. The Balaban J connectivity index is 1.40. The van der Waals surface area contributed by atoms with Crippen LogP contribution in [0.4, 0.5) is 0 Å². The maximum absolute atomic E-state index is 11.8. The maximum atomic E-state index is 11.8. The van der Waals surface area contributed by atoms with Crippen LogP contribution in [0, 0.1) is 11.8 Å². The molecule has 0 aromatic heterocycles. The molecule has 23 heavy (non-hydrogen) atoms. The largest absolute Gasteiger partial charge is 0.616 e. The average molecular weight is 364 g/mol. The first-order valence-corrected chi connectivity index (χ1v) is 11.1. The number of ether oxygens (including phenoxy) is 2. The molecule has 4 unspecified atom stereocenters. The van der Waals surface area contributed by atoms with Gasteiger partial charge in [0, 0.05) is 6.42 Å². The molecule has 0 spiro atoms. The predicted octanol–water partition coefficient (Wildman–Crippen LogP) is 0.780. The van der Waals surface area contributed by atoms with E-state index in [0.29, 0.717) is 42.6 Å². The van der Waals surface area contributed by atoms with E-state index in [-0.39, 0.29) is 23.8 Å². The molecule has 2 fully saturated rings. The second kappa shape index (κ2) is 9.76. The number of carbonyl (C=O) groups is 2. The summed E-state index contributed by atoms with van der Waals surface area (Å²) in [5, 5.41) is 0. The van der Waals surface area contributed by atoms with Gasteiger partial charge in [-0.25, -0.2) is 0 Å². The molecule has 2 heterocycles. The predicted molar refractivity (Wildman–Crippen MR) is 87.7 cm³/mol. The summed E-state index contributed by atoms with van der Waals surface area (Å²) in [6.45, 7) is 1.01. The number of cyclic esters (lactones) is 2. The highest BCUT2D eigenvalue weighted by molar-refractivity contribution is 7.92. The molecule has 4 atom stereocenters. The van der Waals surface area contributed by atoms with E-state index in [9.17, 15) is 18.7 Å². The Hall–Kier alpha value is -0.440. The third-order valence-corrected chi connectivity index (χ3v) is 7.09. The van der Waals surface area contributed by atoms with E-state index < -0.39 is 22.4 Å². The normalized spacial score (nSPS) is 25.8. The molecule has 0 bridgehead atoms. The van der Waals surface area contributed by atoms with Crippen molar-refractivity contribution in [3.05, 3.63) is 0 Å². The topological polar surface area (TPSA) is 98.7 Å². The summed E-state index contributed by atoms with van der Waals surface area (Å²) < 4.78 is 33.0. The lowest BCUT2D eigenvalue weighted by molar-refractivity contribution is -0.169. The smallest absolute Gasteiger partial charge is 0.312 e. The number of rotatable bonds is 12. The Labute approximate surface area is 143 Å². The summed E-state index contributed by atoms with van der Waals surface area (Å²) in [6, 6.07) is 0. The molecular weight excluding hydrogens is 340 g/mol. The SMILES string of the molecule is O=C1OCC1CCC[S+]([O-])CCC[S+]([O-])CCCC1COC1=O. The van der Waals surface area contributed by atoms with Crippen LogP contribution in [0.5, 0.6) is 0 Å². The van der Waals surface area contributed by atoms with Gasteiger partial charge >= 0.3 is 11.9 Å². The zero-order chi connectivity index (χ0) is 16.7. The Kier molecular flexibility index (Phi) is 8.02. The molecule has 2 saturated heterocycles. The fraction of sp³-hybridized carbons (Fsp3) is 0.867. The van der Waals surface area contributed by atoms with Gasteiger partial charge in [0.05, 0.1) is 11.8 Å². The molecule has 0 aromatic rings. The molecule has 2 rings (SSSR count). The molecule has 2 aliphatic rings. The first kappa shape index (κ1) is 18.9. The highest BCUT2D eigenvalue weighted by Crippen LogP contribution is 2.20. The van der Waals surface area contributed by atoms with Crippen LogP contribution < -0.4 is 0 Å². The molecule has 0 aromatic carbocycles. The van der Waals surface area contributed by atoms with E-state index in [1.165, 1.54) is 0 Å². The average Bonchev–Trinajstić information content (AvgIpc) is 2.52. The van der Waals surface area contributed by atoms with Crippen LogP contribution in [0.3, 0.4) is 0 Å². The van der Waals surface area contributed by atoms with Gasteiger partial charge in [-0.05, 0) is 25.7 Å². The third-order valence-electron chi connectivity index (χ3n) is 4.11. The highest BCUT2D eigenvalue weighted by atomic mass is 32.2. The Morgan fingerprint density at radius 1 is 0.783 bits per heavy atom. The van der Waals surface area contributed by atoms with E-state index in [1.54, 1.807) is 0 Å². The summed E-state index contributed by atoms with van der Waals surface area (Å²) in [6.07, 6.45) is 3.73. The summed E-state index contributed by atoms with van der Waals surface area (Å²) in [5.74, 6) is 2.06. The van der Waals surface area contributed by atoms with Gasteiger partial charge in [0.1, 0.15) is 36.2 Å². The van der Waals surface area contributed by atoms with Crippen molar-refractivity contribution in [3.8, 4) is 0 Å². The highest BCUT2D eigenvalue weighted by Gasteiger charge is 2.31. The first-order valence-electron chi connectivity index (χ1n) is 8.09. The number of hydrogen-bond donors (Lipinski definition) is 0. The van der Waals surface area contributed by atoms with Gasteiger partial charge in [-0.3, -0.25) is 9.59 Å². The van der Waals surface area contributed by atoms with Crippen molar-refractivity contribution < 1.29 is 28.2 Å². The monoisotopic (exact) mass is 364 g/mol. The molecule has 8 heteroatoms. The van der Waals surface area contributed by atoms with Crippen LogP contribution >= 0.6 is 0 Å². The van der Waals surface area contributed by atoms with E-state index >= 15 is 0 Å². The Morgan fingerprint density at radius 3 is 1.48 bits per heavy atom. The molecule has 0 saturated carbocycles. The van der Waals surface area contributed by atoms with E-state index in [0.717, 1.165) is 25.7 Å². The number of hydrogen-bond acceptors (Lipinski definition) is 6. The van der Waals surface area contributed by atoms with Crippen molar-refractivity contribution in [1.29, 1.82) is 0 Å². The van der Waals surface area contributed by atoms with Crippen molar-refractivity contribution >= 4 is 34.3 Å². The number of carbonyl (C=O) groups excluding carboxylic acids is 2. The second-order valence-corrected chi connectivity index (χ2v) is 9.38. The van der Waals surface area contributed by atoms with Crippen LogP contribution in [0.25, 0.3) is 0 Å². The Morgan fingerprint density at radius 2 is 1.17 bits per heavy atom. The van der Waals surface area contributed by atoms with E-state index in [1.807, 2.05) is 0 Å². The van der Waals surface area contributed by atoms with E-state index in [4.69, 9.17) is 0 Å². The van der Waals surface area contributed by atoms with Gasteiger partial charge in [-0.15, -0.1) is 0 Å². The molecule has 6 nitrogen and oxygen atoms in total. The lowest BCUT2D eigenvalue weighted by Gasteiger charge is -2.24.